The van der Waals surface area contributed by atoms with Gasteiger partial charge in [0.25, 0.3) is 0 Å². The Hall–Kier alpha value is -13.3. The molecular formula is C72H92N17O20+. The van der Waals surface area contributed by atoms with Gasteiger partial charge in [0.2, 0.25) is 47.3 Å². The highest BCUT2D eigenvalue weighted by Crippen LogP contribution is 2.40. The molecule has 37 nitrogen and oxygen atoms in total. The molecule has 1 aromatic heterocycles. The van der Waals surface area contributed by atoms with E-state index in [0.717, 1.165) is 16.7 Å². The third-order valence-corrected chi connectivity index (χ3v) is 18.2. The van der Waals surface area contributed by atoms with Gasteiger partial charge in [-0.3, -0.25) is 80.9 Å². The van der Waals surface area contributed by atoms with Crippen LogP contribution in [0.5, 0.6) is 23.0 Å². The van der Waals surface area contributed by atoms with Crippen molar-refractivity contribution in [3.63, 3.8) is 0 Å². The number of amides is 24. The first-order valence-corrected chi connectivity index (χ1v) is 32.7. The zero-order valence-corrected chi connectivity index (χ0v) is 56.4. The summed E-state index contributed by atoms with van der Waals surface area (Å²) in [5.74, 6) is -10.6. The van der Waals surface area contributed by atoms with Crippen LogP contribution in [-0.2, 0) is 38.4 Å². The monoisotopic (exact) mass is 1510 g/mol. The van der Waals surface area contributed by atoms with E-state index in [0.29, 0.717) is 62.1 Å². The van der Waals surface area contributed by atoms with Crippen molar-refractivity contribution < 1.29 is 101 Å². The number of carbonyl (C=O) groups excluding carboxylic acids is 16. The number of hydrogen-bond donors (Lipinski definition) is 17. The molecule has 37 heteroatoms. The largest absolute Gasteiger partial charge is 0.508 e. The van der Waals surface area contributed by atoms with Crippen molar-refractivity contribution in [1.29, 1.82) is 0 Å². The molecule has 109 heavy (non-hydrogen) atoms. The molecule has 18 N–H and O–H groups in total. The molecule has 9 heterocycles. The lowest BCUT2D eigenvalue weighted by Gasteiger charge is -2.36. The number of urea groups is 8. The number of hydrogen-bond acceptors (Lipinski definition) is 20. The van der Waals surface area contributed by atoms with Crippen molar-refractivity contribution in [2.75, 3.05) is 73.7 Å². The number of aromatic hydroxyl groups is 1. The number of barbiturate groups is 4. The molecule has 24 amide bonds. The summed E-state index contributed by atoms with van der Waals surface area (Å²) in [4.78, 5) is 192. The number of phenols is 1. The van der Waals surface area contributed by atoms with Crippen molar-refractivity contribution >= 4 is 95.5 Å². The summed E-state index contributed by atoms with van der Waals surface area (Å²) in [6.07, 6.45) is 3.75. The van der Waals surface area contributed by atoms with Gasteiger partial charge in [0, 0.05) is 112 Å². The zero-order chi connectivity index (χ0) is 75.4. The molecule has 0 saturated carbocycles. The molecule has 0 spiro atoms. The first kappa shape index (κ1) is 86.4. The molecule has 4 aromatic carbocycles. The van der Waals surface area contributed by atoms with Crippen molar-refractivity contribution in [3.8, 4) is 23.0 Å². The summed E-state index contributed by atoms with van der Waals surface area (Å²) < 4.78 is 15.4. The van der Waals surface area contributed by atoms with Gasteiger partial charge in [0.15, 0.2) is 12.4 Å². The van der Waals surface area contributed by atoms with Crippen LogP contribution < -0.4 is 104 Å². The Balaban J connectivity index is 0.000000250. The molecular weight excluding hydrogens is 1420 g/mol. The number of pyridine rings is 1. The van der Waals surface area contributed by atoms with Crippen LogP contribution in [0.25, 0.3) is 0 Å². The Morgan fingerprint density at radius 3 is 0.624 bits per heavy atom. The lowest BCUT2D eigenvalue weighted by atomic mass is 9.74. The second-order valence-corrected chi connectivity index (χ2v) is 24.6. The Labute approximate surface area is 626 Å². The highest BCUT2D eigenvalue weighted by atomic mass is 16.5. The number of carbonyl (C=O) groups is 16. The van der Waals surface area contributed by atoms with Gasteiger partial charge in [-0.25, -0.2) is 43.3 Å². The predicted molar refractivity (Wildman–Crippen MR) is 388 cm³/mol. The number of H-pyrrole nitrogens is 1. The molecule has 5 aromatic rings. The van der Waals surface area contributed by atoms with Gasteiger partial charge in [0.05, 0.1) is 21.3 Å². The van der Waals surface area contributed by atoms with Gasteiger partial charge in [-0.1, -0.05) is 84.3 Å². The molecule has 0 aliphatic carbocycles. The maximum atomic E-state index is 12.3. The summed E-state index contributed by atoms with van der Waals surface area (Å²) in [5, 5.41) is 47.8. The Bertz CT molecular complexity index is 3680. The van der Waals surface area contributed by atoms with E-state index in [1.165, 1.54) is 12.1 Å². The third kappa shape index (κ3) is 22.4. The van der Waals surface area contributed by atoms with Crippen LogP contribution in [0.3, 0.4) is 0 Å². The van der Waals surface area contributed by atoms with Crippen LogP contribution in [0.4, 0.5) is 38.4 Å². The van der Waals surface area contributed by atoms with Gasteiger partial charge < -0.3 is 61.9 Å². The molecule has 13 rings (SSSR count). The highest BCUT2D eigenvalue weighted by Gasteiger charge is 2.49. The fourth-order valence-corrected chi connectivity index (χ4v) is 13.2. The molecule has 0 radical (unpaired) electrons. The standard InChI is InChI=1S/3C16H18N4O5.C15H16N4O5.C5H5N.4CH4/c3*1-25-10-4-2-8(3-5-10)11(9-6-17-15(23)18-7-9)12-13(21)19-16(24)20-14(12)22;20-9-3-1-7(2-4-9)10(8-5-16-14(23)17-6-8)11-12(21)18-15(24)19-13(11)22;1-2-4-6-5-3-1;;;;/h3*2-5,9,11-12H,6-7H2,1H3,(H2,17,18,23)(H2,19,20,21,22,24);1-4,8,10-11,20H,5-6H2,(H2,16,17,23)(H2,18,19,21,22,24);1-5H;4*1H4/p+1. The zero-order valence-electron chi connectivity index (χ0n) is 56.4. The topological polar surface area (TPSA) is 528 Å². The van der Waals surface area contributed by atoms with E-state index < -0.39 is 119 Å². The summed E-state index contributed by atoms with van der Waals surface area (Å²) in [6, 6.07) is 28.6. The number of imide groups is 8. The van der Waals surface area contributed by atoms with Gasteiger partial charge in [-0.2, -0.15) is 0 Å². The number of phenolic OH excluding ortho intramolecular Hbond substituents is 1. The van der Waals surface area contributed by atoms with Crippen LogP contribution in [0.1, 0.15) is 75.6 Å². The van der Waals surface area contributed by atoms with Crippen LogP contribution in [0.15, 0.2) is 128 Å². The lowest BCUT2D eigenvalue weighted by Crippen LogP contribution is -2.60. The maximum absolute atomic E-state index is 12.3. The van der Waals surface area contributed by atoms with Gasteiger partial charge in [-0.15, -0.1) is 0 Å². The average molecular weight is 1520 g/mol. The van der Waals surface area contributed by atoms with Gasteiger partial charge >= 0.3 is 48.2 Å². The van der Waals surface area contributed by atoms with E-state index in [9.17, 15) is 81.8 Å². The lowest BCUT2D eigenvalue weighted by molar-refractivity contribution is -0.378. The minimum absolute atomic E-state index is 0. The normalized spacial score (nSPS) is 18.9. The first-order valence-electron chi connectivity index (χ1n) is 32.7. The van der Waals surface area contributed by atoms with Crippen molar-refractivity contribution in [1.82, 2.24) is 85.1 Å². The Morgan fingerprint density at radius 2 is 0.468 bits per heavy atom. The fourth-order valence-electron chi connectivity index (χ4n) is 13.2. The number of rotatable bonds is 15. The van der Waals surface area contributed by atoms with Gasteiger partial charge in [0.1, 0.15) is 46.7 Å². The SMILES string of the molecule is C.C.C.C.COc1ccc(C(C2CNC(=O)NC2)C2C(=O)NC(=O)NC2=O)cc1.COc1ccc(C(C2CNC(=O)NC2)C2C(=O)NC(=O)NC2=O)cc1.COc1ccc(C(C2CNC(=O)NC2)C2C(=O)NC(=O)NC2=O)cc1.O=C1NCC(C(c2ccc(O)cc2)C2C(=O)NC(=O)NC2=O)CN1.c1cc[nH+]cc1. The molecule has 4 unspecified atom stereocenters. The fraction of sp³-hybridized carbons (Fsp3) is 0.375. The average Bonchev–Trinajstić information content (AvgIpc) is 0.804. The number of methoxy groups -OCH3 is 3. The number of benzene rings is 4. The van der Waals surface area contributed by atoms with E-state index in [1.54, 1.807) is 106 Å². The summed E-state index contributed by atoms with van der Waals surface area (Å²) in [7, 11) is 4.63. The molecule has 584 valence electrons. The smallest absolute Gasteiger partial charge is 0.328 e. The van der Waals surface area contributed by atoms with Crippen molar-refractivity contribution in [3.05, 3.63) is 150 Å². The minimum Gasteiger partial charge on any atom is -0.508 e. The van der Waals surface area contributed by atoms with Crippen LogP contribution in [0, 0.1) is 47.3 Å². The maximum Gasteiger partial charge on any atom is 0.328 e. The second kappa shape index (κ2) is 40.3. The summed E-state index contributed by atoms with van der Waals surface area (Å²) in [6.45, 7) is 2.44. The van der Waals surface area contributed by atoms with E-state index in [4.69, 9.17) is 14.2 Å². The molecule has 8 aliphatic heterocycles. The quantitative estimate of drug-likeness (QED) is 0.0660. The van der Waals surface area contributed by atoms with E-state index >= 15 is 0 Å². The summed E-state index contributed by atoms with van der Waals surface area (Å²) >= 11 is 0. The molecule has 8 saturated heterocycles. The minimum atomic E-state index is -1.12. The molecule has 0 bridgehead atoms. The highest BCUT2D eigenvalue weighted by molar-refractivity contribution is 6.19. The first-order chi connectivity index (χ1) is 50.4. The van der Waals surface area contributed by atoms with Crippen LogP contribution in [-0.4, -0.2) is 174 Å². The van der Waals surface area contributed by atoms with E-state index in [2.05, 4.69) is 90.1 Å². The van der Waals surface area contributed by atoms with Crippen molar-refractivity contribution in [2.24, 2.45) is 47.3 Å². The number of nitrogens with one attached hydrogen (secondary N) is 17. The Kier molecular flexibility index (Phi) is 31.9. The van der Waals surface area contributed by atoms with Crippen LogP contribution in [0.2, 0.25) is 0 Å². The van der Waals surface area contributed by atoms with Gasteiger partial charge in [-0.05, 0) is 70.8 Å². The number of aromatic amines is 1. The van der Waals surface area contributed by atoms with E-state index in [1.807, 2.05) is 30.6 Å². The second-order valence-electron chi connectivity index (χ2n) is 24.6. The number of ether oxygens (including phenoxy) is 3. The van der Waals surface area contributed by atoms with Crippen molar-refractivity contribution in [2.45, 2.75) is 53.4 Å². The Morgan fingerprint density at radius 1 is 0.284 bits per heavy atom. The number of aromatic nitrogens is 1. The third-order valence-electron chi connectivity index (χ3n) is 18.2. The van der Waals surface area contributed by atoms with E-state index in [-0.39, 0.29) is 96.3 Å². The van der Waals surface area contributed by atoms with Crippen LogP contribution >= 0.6 is 0 Å². The molecule has 4 atom stereocenters. The summed E-state index contributed by atoms with van der Waals surface area (Å²) in [5.41, 5.74) is 2.88. The predicted octanol–water partition coefficient (Wildman–Crippen LogP) is 1.50. The molecule has 8 fully saturated rings. The molecule has 8 aliphatic rings.